The maximum absolute atomic E-state index is 13.1. The average Bonchev–Trinajstić information content (AvgIpc) is 3.09. The molecule has 0 spiro atoms. The van der Waals surface area contributed by atoms with Gasteiger partial charge in [-0.05, 0) is 43.3 Å². The lowest BCUT2D eigenvalue weighted by molar-refractivity contribution is 0.0846. The first-order valence-corrected chi connectivity index (χ1v) is 10.2. The van der Waals surface area contributed by atoms with E-state index in [1.165, 1.54) is 23.5 Å². The summed E-state index contributed by atoms with van der Waals surface area (Å²) < 4.78 is 18.5. The van der Waals surface area contributed by atoms with E-state index in [2.05, 4.69) is 10.3 Å². The van der Waals surface area contributed by atoms with Crippen LogP contribution in [0.2, 0.25) is 10.0 Å². The first-order chi connectivity index (χ1) is 13.8. The predicted molar refractivity (Wildman–Crippen MR) is 113 cm³/mol. The summed E-state index contributed by atoms with van der Waals surface area (Å²) in [5.74, 6) is -0.338. The summed E-state index contributed by atoms with van der Waals surface area (Å²) in [5.41, 5.74) is 1.29. The lowest BCUT2D eigenvalue weighted by Gasteiger charge is -2.14. The molecule has 1 aromatic heterocycles. The molecule has 1 unspecified atom stereocenters. The standard InChI is InChI=1S/C20H17Cl2FN2O3S/c1-11-18(29-20(25-11)12-5-7-13(23)8-6-12)19(27)24-9-14(26)10-28-16-4-2-3-15(21)17(16)22/h2-8,14,26H,9-10H2,1H3,(H,24,27). The molecular formula is C20H17Cl2FN2O3S. The van der Waals surface area contributed by atoms with Crippen LogP contribution in [0.25, 0.3) is 10.6 Å². The Kier molecular flexibility index (Phi) is 7.08. The number of thiazole rings is 1. The summed E-state index contributed by atoms with van der Waals surface area (Å²) in [6.07, 6.45) is -0.946. The van der Waals surface area contributed by atoms with Crippen LogP contribution in [0.4, 0.5) is 4.39 Å². The minimum atomic E-state index is -0.946. The van der Waals surface area contributed by atoms with Crippen molar-refractivity contribution in [1.82, 2.24) is 10.3 Å². The van der Waals surface area contributed by atoms with E-state index in [4.69, 9.17) is 27.9 Å². The van der Waals surface area contributed by atoms with Crippen LogP contribution < -0.4 is 10.1 Å². The minimum absolute atomic E-state index is 0.0137. The van der Waals surface area contributed by atoms with Crippen LogP contribution in [0.3, 0.4) is 0 Å². The summed E-state index contributed by atoms with van der Waals surface area (Å²) in [6, 6.07) is 10.8. The Hall–Kier alpha value is -2.19. The van der Waals surface area contributed by atoms with E-state index in [1.807, 2.05) is 0 Å². The molecule has 5 nitrogen and oxygen atoms in total. The topological polar surface area (TPSA) is 71.5 Å². The number of aryl methyl sites for hydroxylation is 1. The maximum Gasteiger partial charge on any atom is 0.263 e. The molecule has 0 radical (unpaired) electrons. The normalized spacial score (nSPS) is 11.9. The smallest absolute Gasteiger partial charge is 0.263 e. The van der Waals surface area contributed by atoms with Crippen LogP contribution in [0, 0.1) is 12.7 Å². The van der Waals surface area contributed by atoms with Gasteiger partial charge in [0.2, 0.25) is 0 Å². The number of carbonyl (C=O) groups excluding carboxylic acids is 1. The second-order valence-corrected chi connectivity index (χ2v) is 7.95. The highest BCUT2D eigenvalue weighted by Crippen LogP contribution is 2.31. The average molecular weight is 455 g/mol. The minimum Gasteiger partial charge on any atom is -0.489 e. The third-order valence-corrected chi connectivity index (χ3v) is 5.95. The van der Waals surface area contributed by atoms with Crippen molar-refractivity contribution in [2.75, 3.05) is 13.2 Å². The highest BCUT2D eigenvalue weighted by Gasteiger charge is 2.18. The number of nitrogens with zero attached hydrogens (tertiary/aromatic N) is 1. The summed E-state index contributed by atoms with van der Waals surface area (Å²) in [7, 11) is 0. The van der Waals surface area contributed by atoms with E-state index in [0.29, 0.717) is 26.4 Å². The number of aromatic nitrogens is 1. The van der Waals surface area contributed by atoms with Crippen LogP contribution in [-0.2, 0) is 0 Å². The van der Waals surface area contributed by atoms with Crippen molar-refractivity contribution in [3.8, 4) is 16.3 Å². The second-order valence-electron chi connectivity index (χ2n) is 6.17. The molecule has 3 rings (SSSR count). The Balaban J connectivity index is 1.56. The zero-order valence-electron chi connectivity index (χ0n) is 15.3. The van der Waals surface area contributed by atoms with Gasteiger partial charge in [0, 0.05) is 12.1 Å². The molecule has 1 amide bonds. The third kappa shape index (κ3) is 5.45. The number of benzene rings is 2. The van der Waals surface area contributed by atoms with E-state index in [9.17, 15) is 14.3 Å². The summed E-state index contributed by atoms with van der Waals surface area (Å²) >= 11 is 13.1. The molecule has 0 aliphatic heterocycles. The van der Waals surface area contributed by atoms with Gasteiger partial charge < -0.3 is 15.2 Å². The van der Waals surface area contributed by atoms with Crippen LogP contribution >= 0.6 is 34.5 Å². The van der Waals surface area contributed by atoms with Crippen molar-refractivity contribution < 1.29 is 19.0 Å². The third-order valence-electron chi connectivity index (χ3n) is 3.94. The van der Waals surface area contributed by atoms with Crippen molar-refractivity contribution >= 4 is 40.4 Å². The molecule has 2 aromatic carbocycles. The number of aliphatic hydroxyl groups is 1. The van der Waals surface area contributed by atoms with Crippen LogP contribution in [0.1, 0.15) is 15.4 Å². The summed E-state index contributed by atoms with van der Waals surface area (Å²) in [6.45, 7) is 1.64. The number of ether oxygens (including phenoxy) is 1. The zero-order chi connectivity index (χ0) is 21.0. The Morgan fingerprint density at radius 1 is 1.28 bits per heavy atom. The fraction of sp³-hybridized carbons (Fsp3) is 0.200. The Morgan fingerprint density at radius 2 is 2.00 bits per heavy atom. The Morgan fingerprint density at radius 3 is 2.72 bits per heavy atom. The molecule has 3 aromatic rings. The van der Waals surface area contributed by atoms with E-state index in [-0.39, 0.29) is 29.9 Å². The molecule has 0 bridgehead atoms. The molecular weight excluding hydrogens is 438 g/mol. The van der Waals surface area contributed by atoms with Crippen molar-refractivity contribution in [1.29, 1.82) is 0 Å². The van der Waals surface area contributed by atoms with Gasteiger partial charge in [0.05, 0.1) is 10.7 Å². The van der Waals surface area contributed by atoms with Crippen molar-refractivity contribution in [3.05, 3.63) is 68.9 Å². The summed E-state index contributed by atoms with van der Waals surface area (Å²) in [4.78, 5) is 17.3. The van der Waals surface area contributed by atoms with Gasteiger partial charge in [0.25, 0.3) is 5.91 Å². The van der Waals surface area contributed by atoms with Gasteiger partial charge in [0.15, 0.2) is 0 Å². The molecule has 29 heavy (non-hydrogen) atoms. The number of carbonyl (C=O) groups is 1. The van der Waals surface area contributed by atoms with Gasteiger partial charge in [-0.1, -0.05) is 29.3 Å². The molecule has 0 saturated heterocycles. The molecule has 1 heterocycles. The van der Waals surface area contributed by atoms with Gasteiger partial charge >= 0.3 is 0 Å². The SMILES string of the molecule is Cc1nc(-c2ccc(F)cc2)sc1C(=O)NCC(O)COc1cccc(Cl)c1Cl. The molecule has 0 fully saturated rings. The maximum atomic E-state index is 13.1. The van der Waals surface area contributed by atoms with Gasteiger partial charge in [-0.2, -0.15) is 0 Å². The zero-order valence-corrected chi connectivity index (χ0v) is 17.6. The predicted octanol–water partition coefficient (Wildman–Crippen LogP) is 4.73. The summed E-state index contributed by atoms with van der Waals surface area (Å²) in [5, 5.41) is 14.0. The van der Waals surface area contributed by atoms with Gasteiger partial charge in [-0.15, -0.1) is 11.3 Å². The lowest BCUT2D eigenvalue weighted by atomic mass is 10.2. The number of hydrogen-bond donors (Lipinski definition) is 2. The van der Waals surface area contributed by atoms with Gasteiger partial charge in [-0.25, -0.2) is 9.37 Å². The van der Waals surface area contributed by atoms with Crippen LogP contribution in [0.15, 0.2) is 42.5 Å². The fourth-order valence-electron chi connectivity index (χ4n) is 2.45. The molecule has 1 atom stereocenters. The molecule has 2 N–H and O–H groups in total. The quantitative estimate of drug-likeness (QED) is 0.540. The Labute approximate surface area is 181 Å². The number of rotatable bonds is 7. The first-order valence-electron chi connectivity index (χ1n) is 8.61. The van der Waals surface area contributed by atoms with E-state index >= 15 is 0 Å². The van der Waals surface area contributed by atoms with E-state index in [1.54, 1.807) is 37.3 Å². The number of amides is 1. The highest BCUT2D eigenvalue weighted by molar-refractivity contribution is 7.17. The number of hydrogen-bond acceptors (Lipinski definition) is 5. The van der Waals surface area contributed by atoms with Crippen molar-refractivity contribution in [2.45, 2.75) is 13.0 Å². The van der Waals surface area contributed by atoms with Crippen molar-refractivity contribution in [2.24, 2.45) is 0 Å². The Bertz CT molecular complexity index is 1010. The molecule has 152 valence electrons. The second kappa shape index (κ2) is 9.54. The first kappa shape index (κ1) is 21.5. The van der Waals surface area contributed by atoms with E-state index < -0.39 is 6.10 Å². The molecule has 0 saturated carbocycles. The molecule has 0 aliphatic rings. The monoisotopic (exact) mass is 454 g/mol. The highest BCUT2D eigenvalue weighted by atomic mass is 35.5. The molecule has 9 heteroatoms. The number of aliphatic hydroxyl groups excluding tert-OH is 1. The number of halogens is 3. The fourth-order valence-corrected chi connectivity index (χ4v) is 3.79. The largest absolute Gasteiger partial charge is 0.489 e. The number of nitrogens with one attached hydrogen (secondary N) is 1. The van der Waals surface area contributed by atoms with Crippen molar-refractivity contribution in [3.63, 3.8) is 0 Å². The van der Waals surface area contributed by atoms with Crippen LogP contribution in [0.5, 0.6) is 5.75 Å². The van der Waals surface area contributed by atoms with Gasteiger partial charge in [-0.3, -0.25) is 4.79 Å². The van der Waals surface area contributed by atoms with Crippen LogP contribution in [-0.4, -0.2) is 35.3 Å². The molecule has 0 aliphatic carbocycles. The lowest BCUT2D eigenvalue weighted by Crippen LogP contribution is -2.35. The van der Waals surface area contributed by atoms with Gasteiger partial charge in [0.1, 0.15) is 39.2 Å². The van der Waals surface area contributed by atoms with E-state index in [0.717, 1.165) is 5.56 Å².